The van der Waals surface area contributed by atoms with E-state index in [4.69, 9.17) is 4.74 Å². The quantitative estimate of drug-likeness (QED) is 0.750. The van der Waals surface area contributed by atoms with Crippen LogP contribution in [0.2, 0.25) is 0 Å². The molecule has 0 fully saturated rings. The minimum Gasteiger partial charge on any atom is -0.489 e. The van der Waals surface area contributed by atoms with E-state index in [-0.39, 0.29) is 6.10 Å². The van der Waals surface area contributed by atoms with E-state index in [1.54, 1.807) is 6.92 Å². The van der Waals surface area contributed by atoms with Gasteiger partial charge in [0.15, 0.2) is 0 Å². The van der Waals surface area contributed by atoms with E-state index in [0.29, 0.717) is 13.0 Å². The Balaban J connectivity index is 2.52. The lowest BCUT2D eigenvalue weighted by molar-refractivity contribution is 0.195. The molecule has 15 heavy (non-hydrogen) atoms. The molecule has 0 aromatic heterocycles. The summed E-state index contributed by atoms with van der Waals surface area (Å²) in [5.74, 6) is 0.840. The summed E-state index contributed by atoms with van der Waals surface area (Å²) in [5, 5.41) is 9.21. The van der Waals surface area contributed by atoms with Gasteiger partial charge in [0, 0.05) is 0 Å². The molecule has 0 heterocycles. The number of rotatable bonds is 5. The molecule has 0 saturated heterocycles. The van der Waals surface area contributed by atoms with Crippen LogP contribution in [0.1, 0.15) is 19.4 Å². The predicted octanol–water partition coefficient (Wildman–Crippen LogP) is 2.56. The molecule has 2 heteroatoms. The van der Waals surface area contributed by atoms with Crippen molar-refractivity contribution in [3.8, 4) is 5.75 Å². The van der Waals surface area contributed by atoms with Gasteiger partial charge < -0.3 is 9.84 Å². The van der Waals surface area contributed by atoms with Crippen molar-refractivity contribution in [3.05, 3.63) is 42.0 Å². The minimum absolute atomic E-state index is 0.299. The Bertz CT molecular complexity index is 312. The van der Waals surface area contributed by atoms with E-state index < -0.39 is 0 Å². The van der Waals surface area contributed by atoms with Gasteiger partial charge in [-0.3, -0.25) is 0 Å². The molecule has 1 atom stereocenters. The van der Waals surface area contributed by atoms with Gasteiger partial charge in [-0.1, -0.05) is 18.7 Å². The fourth-order valence-electron chi connectivity index (χ4n) is 1.27. The normalized spacial score (nSPS) is 12.2. The summed E-state index contributed by atoms with van der Waals surface area (Å²) in [7, 11) is 0. The lowest BCUT2D eigenvalue weighted by atomic mass is 10.1. The van der Waals surface area contributed by atoms with Crippen molar-refractivity contribution in [2.75, 3.05) is 6.61 Å². The van der Waals surface area contributed by atoms with Crippen LogP contribution in [0.3, 0.4) is 0 Å². The van der Waals surface area contributed by atoms with Gasteiger partial charge in [-0.2, -0.15) is 0 Å². The van der Waals surface area contributed by atoms with Crippen LogP contribution in [0.4, 0.5) is 0 Å². The van der Waals surface area contributed by atoms with E-state index in [2.05, 4.69) is 6.58 Å². The number of hydrogen-bond acceptors (Lipinski definition) is 2. The summed E-state index contributed by atoms with van der Waals surface area (Å²) in [5.41, 5.74) is 2.12. The first-order valence-electron chi connectivity index (χ1n) is 5.12. The summed E-state index contributed by atoms with van der Waals surface area (Å²) in [4.78, 5) is 0. The third kappa shape index (κ3) is 4.66. The van der Waals surface area contributed by atoms with Crippen LogP contribution in [-0.2, 0) is 6.42 Å². The molecule has 0 spiro atoms. The molecule has 0 aliphatic rings. The Kier molecular flexibility index (Phi) is 4.37. The molecule has 0 saturated carbocycles. The monoisotopic (exact) mass is 206 g/mol. The summed E-state index contributed by atoms with van der Waals surface area (Å²) < 4.78 is 5.47. The highest BCUT2D eigenvalue weighted by atomic mass is 16.5. The third-order valence-electron chi connectivity index (χ3n) is 1.94. The van der Waals surface area contributed by atoms with E-state index in [0.717, 1.165) is 16.9 Å². The van der Waals surface area contributed by atoms with Gasteiger partial charge in [-0.05, 0) is 43.5 Å². The summed E-state index contributed by atoms with van der Waals surface area (Å²) in [6.07, 6.45) is 0.382. The highest BCUT2D eigenvalue weighted by Gasteiger charge is 1.99. The van der Waals surface area contributed by atoms with Gasteiger partial charge in [0.2, 0.25) is 0 Å². The van der Waals surface area contributed by atoms with E-state index in [9.17, 15) is 5.11 Å². The number of aliphatic hydroxyl groups excluding tert-OH is 1. The highest BCUT2D eigenvalue weighted by Crippen LogP contribution is 2.13. The van der Waals surface area contributed by atoms with Gasteiger partial charge in [0.25, 0.3) is 0 Å². The fourth-order valence-corrected chi connectivity index (χ4v) is 1.27. The molecular formula is C13H18O2. The smallest absolute Gasteiger partial charge is 0.119 e. The van der Waals surface area contributed by atoms with Crippen molar-refractivity contribution in [2.45, 2.75) is 26.4 Å². The zero-order valence-electron chi connectivity index (χ0n) is 9.36. The molecule has 1 rings (SSSR count). The Morgan fingerprint density at radius 1 is 1.40 bits per heavy atom. The maximum absolute atomic E-state index is 9.21. The molecule has 0 bridgehead atoms. The van der Waals surface area contributed by atoms with Crippen molar-refractivity contribution < 1.29 is 9.84 Å². The first-order valence-corrected chi connectivity index (χ1v) is 5.12. The molecule has 1 N–H and O–H groups in total. The topological polar surface area (TPSA) is 29.5 Å². The standard InChI is InChI=1S/C13H18O2/c1-10(2)9-15-13-6-4-12(5-7-13)8-11(3)14/h4-7,11,14H,1,8-9H2,2-3H3. The molecule has 82 valence electrons. The summed E-state index contributed by atoms with van der Waals surface area (Å²) in [6.45, 7) is 8.04. The molecular weight excluding hydrogens is 188 g/mol. The van der Waals surface area contributed by atoms with Gasteiger partial charge in [-0.25, -0.2) is 0 Å². The van der Waals surface area contributed by atoms with Crippen LogP contribution in [-0.4, -0.2) is 17.8 Å². The number of hydrogen-bond donors (Lipinski definition) is 1. The van der Waals surface area contributed by atoms with Crippen LogP contribution in [0, 0.1) is 0 Å². The lowest BCUT2D eigenvalue weighted by Crippen LogP contribution is -2.04. The second-order valence-corrected chi connectivity index (χ2v) is 3.94. The first kappa shape index (κ1) is 11.8. The van der Waals surface area contributed by atoms with Crippen molar-refractivity contribution in [2.24, 2.45) is 0 Å². The largest absolute Gasteiger partial charge is 0.489 e. The fraction of sp³-hybridized carbons (Fsp3) is 0.385. The zero-order valence-corrected chi connectivity index (χ0v) is 9.36. The van der Waals surface area contributed by atoms with Gasteiger partial charge in [-0.15, -0.1) is 0 Å². The molecule has 0 aliphatic carbocycles. The van der Waals surface area contributed by atoms with Crippen LogP contribution >= 0.6 is 0 Å². The van der Waals surface area contributed by atoms with Crippen molar-refractivity contribution >= 4 is 0 Å². The molecule has 0 aliphatic heterocycles. The maximum Gasteiger partial charge on any atom is 0.119 e. The van der Waals surface area contributed by atoms with Crippen LogP contribution in [0.5, 0.6) is 5.75 Å². The second-order valence-electron chi connectivity index (χ2n) is 3.94. The maximum atomic E-state index is 9.21. The average molecular weight is 206 g/mol. The zero-order chi connectivity index (χ0) is 11.3. The minimum atomic E-state index is -0.299. The van der Waals surface area contributed by atoms with E-state index in [1.165, 1.54) is 0 Å². The first-order chi connectivity index (χ1) is 7.08. The number of ether oxygens (including phenoxy) is 1. The Morgan fingerprint density at radius 3 is 2.47 bits per heavy atom. The second kappa shape index (κ2) is 5.56. The van der Waals surface area contributed by atoms with Crippen LogP contribution in [0.25, 0.3) is 0 Å². The summed E-state index contributed by atoms with van der Waals surface area (Å²) in [6, 6.07) is 7.78. The van der Waals surface area contributed by atoms with Crippen molar-refractivity contribution in [1.82, 2.24) is 0 Å². The molecule has 0 amide bonds. The van der Waals surface area contributed by atoms with Gasteiger partial charge >= 0.3 is 0 Å². The highest BCUT2D eigenvalue weighted by molar-refractivity contribution is 5.27. The SMILES string of the molecule is C=C(C)COc1ccc(CC(C)O)cc1. The van der Waals surface area contributed by atoms with Gasteiger partial charge in [0.05, 0.1) is 6.10 Å². The van der Waals surface area contributed by atoms with E-state index in [1.807, 2.05) is 31.2 Å². The average Bonchev–Trinajstić information content (AvgIpc) is 2.16. The van der Waals surface area contributed by atoms with Gasteiger partial charge in [0.1, 0.15) is 12.4 Å². The van der Waals surface area contributed by atoms with Crippen LogP contribution in [0.15, 0.2) is 36.4 Å². The third-order valence-corrected chi connectivity index (χ3v) is 1.94. The molecule has 2 nitrogen and oxygen atoms in total. The molecule has 1 aromatic carbocycles. The van der Waals surface area contributed by atoms with E-state index >= 15 is 0 Å². The molecule has 0 radical (unpaired) electrons. The molecule has 1 aromatic rings. The Morgan fingerprint density at radius 2 is 2.00 bits per heavy atom. The van der Waals surface area contributed by atoms with Crippen LogP contribution < -0.4 is 4.74 Å². The lowest BCUT2D eigenvalue weighted by Gasteiger charge is -2.07. The Labute approximate surface area is 91.2 Å². The number of aliphatic hydroxyl groups is 1. The predicted molar refractivity (Wildman–Crippen MR) is 62.1 cm³/mol. The van der Waals surface area contributed by atoms with Crippen molar-refractivity contribution in [3.63, 3.8) is 0 Å². The number of benzene rings is 1. The molecule has 1 unspecified atom stereocenters. The summed E-state index contributed by atoms with van der Waals surface area (Å²) >= 11 is 0. The van der Waals surface area contributed by atoms with Crippen molar-refractivity contribution in [1.29, 1.82) is 0 Å². The Hall–Kier alpha value is -1.28.